The third kappa shape index (κ3) is 4.27. The molecule has 8 nitrogen and oxygen atoms in total. The molecule has 0 spiro atoms. The van der Waals surface area contributed by atoms with Crippen LogP contribution in [0.25, 0.3) is 0 Å². The van der Waals surface area contributed by atoms with Crippen LogP contribution in [0.2, 0.25) is 0 Å². The number of nitrogens with zero attached hydrogens (tertiary/aromatic N) is 1. The highest BCUT2D eigenvalue weighted by molar-refractivity contribution is 7.80. The van der Waals surface area contributed by atoms with E-state index in [9.17, 15) is 19.2 Å². The zero-order valence-electron chi connectivity index (χ0n) is 13.5. The first-order chi connectivity index (χ1) is 11.8. The number of benzene rings is 1. The van der Waals surface area contributed by atoms with Gasteiger partial charge in [-0.05, 0) is 31.3 Å². The van der Waals surface area contributed by atoms with Gasteiger partial charge in [0.25, 0.3) is 5.91 Å². The van der Waals surface area contributed by atoms with Gasteiger partial charge in [0.05, 0.1) is 18.4 Å². The van der Waals surface area contributed by atoms with Gasteiger partial charge in [-0.1, -0.05) is 12.1 Å². The van der Waals surface area contributed by atoms with Crippen LogP contribution in [-0.2, 0) is 19.2 Å². The number of carbonyl (C=O) groups is 4. The van der Waals surface area contributed by atoms with Crippen LogP contribution >= 0.6 is 12.2 Å². The number of nitrogens with one attached hydrogen (secondary N) is 2. The number of rotatable bonds is 5. The van der Waals surface area contributed by atoms with Crippen LogP contribution < -0.4 is 15.4 Å². The van der Waals surface area contributed by atoms with Gasteiger partial charge in [-0.15, -0.1) is 0 Å². The van der Waals surface area contributed by atoms with E-state index in [1.807, 2.05) is 0 Å². The standard InChI is InChI=1S/C16H15N3O5S/c1-9(20)10(8-19-14(22)7-13(21)18-16(19)25)15(23)17-11-5-3-4-6-12(11)24-2/h3-6,8H,7H2,1-2H3,(H,17,23)(H,18,21,25)/b10-8-. The second-order valence-electron chi connectivity index (χ2n) is 5.05. The van der Waals surface area contributed by atoms with E-state index in [0.29, 0.717) is 11.4 Å². The Morgan fingerprint density at radius 1 is 1.32 bits per heavy atom. The minimum absolute atomic E-state index is 0.190. The van der Waals surface area contributed by atoms with Gasteiger partial charge in [-0.3, -0.25) is 24.1 Å². The van der Waals surface area contributed by atoms with Crippen LogP contribution in [-0.4, -0.2) is 40.6 Å². The molecule has 1 fully saturated rings. The number of thiocarbonyl (C=S) groups is 1. The molecule has 2 N–H and O–H groups in total. The second kappa shape index (κ2) is 7.67. The summed E-state index contributed by atoms with van der Waals surface area (Å²) in [7, 11) is 1.44. The van der Waals surface area contributed by atoms with E-state index in [4.69, 9.17) is 17.0 Å². The summed E-state index contributed by atoms with van der Waals surface area (Å²) in [5.74, 6) is -2.06. The van der Waals surface area contributed by atoms with Gasteiger partial charge >= 0.3 is 0 Å². The van der Waals surface area contributed by atoms with Gasteiger partial charge < -0.3 is 15.4 Å². The average molecular weight is 361 g/mol. The van der Waals surface area contributed by atoms with E-state index in [1.54, 1.807) is 24.3 Å². The van der Waals surface area contributed by atoms with Gasteiger partial charge in [0.2, 0.25) is 11.8 Å². The maximum absolute atomic E-state index is 12.4. The van der Waals surface area contributed by atoms with Crippen LogP contribution in [0.4, 0.5) is 5.69 Å². The van der Waals surface area contributed by atoms with Crippen LogP contribution in [0.1, 0.15) is 13.3 Å². The van der Waals surface area contributed by atoms with Crippen LogP contribution in [0.15, 0.2) is 36.0 Å². The van der Waals surface area contributed by atoms with Gasteiger partial charge in [0.1, 0.15) is 12.2 Å². The lowest BCUT2D eigenvalue weighted by Gasteiger charge is -2.24. The summed E-state index contributed by atoms with van der Waals surface area (Å²) < 4.78 is 5.13. The third-order valence-corrected chi connectivity index (χ3v) is 3.58. The summed E-state index contributed by atoms with van der Waals surface area (Å²) in [6, 6.07) is 6.66. The number of anilines is 1. The molecule has 0 aromatic heterocycles. The second-order valence-corrected chi connectivity index (χ2v) is 5.43. The molecule has 25 heavy (non-hydrogen) atoms. The van der Waals surface area contributed by atoms with E-state index in [0.717, 1.165) is 11.1 Å². The molecule has 1 aromatic rings. The van der Waals surface area contributed by atoms with Crippen LogP contribution in [0.5, 0.6) is 5.75 Å². The number of carbonyl (C=O) groups excluding carboxylic acids is 4. The van der Waals surface area contributed by atoms with Crippen LogP contribution in [0, 0.1) is 0 Å². The fourth-order valence-corrected chi connectivity index (χ4v) is 2.33. The van der Waals surface area contributed by atoms with Gasteiger partial charge in [0, 0.05) is 6.20 Å². The van der Waals surface area contributed by atoms with Crippen molar-refractivity contribution in [1.82, 2.24) is 10.2 Å². The first-order valence-corrected chi connectivity index (χ1v) is 7.57. The van der Waals surface area contributed by atoms with Gasteiger partial charge in [-0.2, -0.15) is 0 Å². The maximum Gasteiger partial charge on any atom is 0.260 e. The van der Waals surface area contributed by atoms with Crippen LogP contribution in [0.3, 0.4) is 0 Å². The summed E-state index contributed by atoms with van der Waals surface area (Å²) in [6.45, 7) is 1.18. The number of ketones is 1. The van der Waals surface area contributed by atoms with E-state index in [1.165, 1.54) is 14.0 Å². The lowest BCUT2D eigenvalue weighted by atomic mass is 10.1. The lowest BCUT2D eigenvalue weighted by Crippen LogP contribution is -2.50. The average Bonchev–Trinajstić information content (AvgIpc) is 2.54. The third-order valence-electron chi connectivity index (χ3n) is 3.28. The number of hydrogen-bond donors (Lipinski definition) is 2. The normalized spacial score (nSPS) is 14.9. The molecule has 0 radical (unpaired) electrons. The molecule has 0 bridgehead atoms. The van der Waals surface area contributed by atoms with E-state index < -0.39 is 29.9 Å². The molecule has 1 aliphatic heterocycles. The Kier molecular flexibility index (Phi) is 5.60. The number of amides is 3. The summed E-state index contributed by atoms with van der Waals surface area (Å²) >= 11 is 4.91. The predicted molar refractivity (Wildman–Crippen MR) is 92.6 cm³/mol. The summed E-state index contributed by atoms with van der Waals surface area (Å²) in [5, 5.41) is 4.66. The highest BCUT2D eigenvalue weighted by atomic mass is 32.1. The molecule has 1 saturated heterocycles. The first kappa shape index (κ1) is 18.3. The fourth-order valence-electron chi connectivity index (χ4n) is 2.07. The molecule has 9 heteroatoms. The number of ether oxygens (including phenoxy) is 1. The molecule has 1 aliphatic rings. The van der Waals surface area contributed by atoms with E-state index in [2.05, 4.69) is 10.6 Å². The molecule has 1 heterocycles. The molecular weight excluding hydrogens is 346 g/mol. The van der Waals surface area contributed by atoms with Crippen molar-refractivity contribution in [3.63, 3.8) is 0 Å². The Balaban J connectivity index is 2.29. The van der Waals surface area contributed by atoms with Crippen molar-refractivity contribution >= 4 is 46.5 Å². The summed E-state index contributed by atoms with van der Waals surface area (Å²) in [5.41, 5.74) is 0.0701. The van der Waals surface area contributed by atoms with Crippen molar-refractivity contribution < 1.29 is 23.9 Å². The summed E-state index contributed by atoms with van der Waals surface area (Å²) in [6.07, 6.45) is 0.604. The van der Waals surface area contributed by atoms with Crippen molar-refractivity contribution in [1.29, 1.82) is 0 Å². The molecule has 1 aromatic carbocycles. The molecule has 2 rings (SSSR count). The molecule has 130 valence electrons. The Hall–Kier alpha value is -3.07. The minimum atomic E-state index is -0.732. The molecule has 0 unspecified atom stereocenters. The highest BCUT2D eigenvalue weighted by Crippen LogP contribution is 2.23. The minimum Gasteiger partial charge on any atom is -0.495 e. The van der Waals surface area contributed by atoms with Crippen molar-refractivity contribution in [3.8, 4) is 5.75 Å². The zero-order chi connectivity index (χ0) is 18.6. The molecular formula is C16H15N3O5S. The number of Topliss-reactive ketones (excluding diaryl/α,β-unsaturated/α-hetero) is 1. The predicted octanol–water partition coefficient (Wildman–Crippen LogP) is 0.740. The van der Waals surface area contributed by atoms with E-state index >= 15 is 0 Å². The van der Waals surface area contributed by atoms with Crippen molar-refractivity contribution in [2.24, 2.45) is 0 Å². The number of para-hydroxylation sites is 2. The van der Waals surface area contributed by atoms with Crippen molar-refractivity contribution in [2.75, 3.05) is 12.4 Å². The Morgan fingerprint density at radius 2 is 2.00 bits per heavy atom. The quantitative estimate of drug-likeness (QED) is 0.347. The lowest BCUT2D eigenvalue weighted by molar-refractivity contribution is -0.133. The molecule has 3 amide bonds. The largest absolute Gasteiger partial charge is 0.495 e. The Morgan fingerprint density at radius 3 is 2.60 bits per heavy atom. The van der Waals surface area contributed by atoms with Gasteiger partial charge in [0.15, 0.2) is 10.9 Å². The summed E-state index contributed by atoms with van der Waals surface area (Å²) in [4.78, 5) is 48.4. The smallest absolute Gasteiger partial charge is 0.260 e. The number of methoxy groups -OCH3 is 1. The molecule has 0 aliphatic carbocycles. The number of hydrogen-bond acceptors (Lipinski definition) is 6. The topological polar surface area (TPSA) is 105 Å². The Labute approximate surface area is 148 Å². The zero-order valence-corrected chi connectivity index (χ0v) is 14.3. The maximum atomic E-state index is 12.4. The van der Waals surface area contributed by atoms with E-state index in [-0.39, 0.29) is 10.7 Å². The SMILES string of the molecule is COc1ccccc1NC(=O)/C(=C\N1C(=O)CC(=O)NC1=S)C(C)=O. The molecule has 0 atom stereocenters. The molecule has 0 saturated carbocycles. The Bertz CT molecular complexity index is 783. The highest BCUT2D eigenvalue weighted by Gasteiger charge is 2.29. The monoisotopic (exact) mass is 361 g/mol. The van der Waals surface area contributed by atoms with Crippen molar-refractivity contribution in [2.45, 2.75) is 13.3 Å². The fraction of sp³-hybridized carbons (Fsp3) is 0.188. The van der Waals surface area contributed by atoms with Gasteiger partial charge in [-0.25, -0.2) is 0 Å². The van der Waals surface area contributed by atoms with Crippen molar-refractivity contribution in [3.05, 3.63) is 36.0 Å². The first-order valence-electron chi connectivity index (χ1n) is 7.16.